The fourth-order valence-electron chi connectivity index (χ4n) is 1.46. The lowest BCUT2D eigenvalue weighted by Gasteiger charge is -2.10. The Morgan fingerprint density at radius 1 is 1.32 bits per heavy atom. The molecule has 2 aromatic rings. The second-order valence-electron chi connectivity index (χ2n) is 4.27. The molecule has 0 aliphatic heterocycles. The van der Waals surface area contributed by atoms with Crippen LogP contribution in [0.5, 0.6) is 0 Å². The molecule has 22 heavy (non-hydrogen) atoms. The van der Waals surface area contributed by atoms with Crippen LogP contribution >= 0.6 is 23.1 Å². The second-order valence-corrected chi connectivity index (χ2v) is 7.04. The third-order valence-corrected chi connectivity index (χ3v) is 4.54. The number of nitrogens with one attached hydrogen (secondary N) is 2. The van der Waals surface area contributed by atoms with Gasteiger partial charge in [-0.15, -0.1) is 10.2 Å². The minimum Gasteiger partial charge on any atom is -0.305 e. The average Bonchev–Trinajstić information content (AvgIpc) is 2.86. The molecule has 0 saturated heterocycles. The van der Waals surface area contributed by atoms with Gasteiger partial charge in [0.2, 0.25) is 5.91 Å². The van der Waals surface area contributed by atoms with Crippen molar-refractivity contribution in [3.8, 4) is 0 Å². The Kier molecular flexibility index (Phi) is 5.45. The number of urea groups is 1. The Labute approximate surface area is 134 Å². The zero-order chi connectivity index (χ0) is 16.1. The molecule has 1 aromatic heterocycles. The maximum atomic E-state index is 13.4. The van der Waals surface area contributed by atoms with Crippen LogP contribution in [-0.4, -0.2) is 27.4 Å². The first-order valence-corrected chi connectivity index (χ1v) is 7.98. The molecule has 0 bridgehead atoms. The van der Waals surface area contributed by atoms with E-state index in [0.717, 1.165) is 5.01 Å². The molecule has 1 aromatic carbocycles. The number of halogens is 1. The summed E-state index contributed by atoms with van der Waals surface area (Å²) in [5.74, 6) is -1.07. The van der Waals surface area contributed by atoms with Crippen LogP contribution in [0.1, 0.15) is 11.9 Å². The van der Waals surface area contributed by atoms with Crippen molar-refractivity contribution in [2.24, 2.45) is 0 Å². The van der Waals surface area contributed by atoms with Crippen molar-refractivity contribution in [3.63, 3.8) is 0 Å². The Hall–Kier alpha value is -2.00. The molecule has 0 saturated carbocycles. The van der Waals surface area contributed by atoms with Gasteiger partial charge < -0.3 is 5.32 Å². The fourth-order valence-corrected chi connectivity index (χ4v) is 3.42. The van der Waals surface area contributed by atoms with E-state index < -0.39 is 23.0 Å². The van der Waals surface area contributed by atoms with Gasteiger partial charge in [0, 0.05) is 0 Å². The largest absolute Gasteiger partial charge is 0.325 e. The number of carbonyl (C=O) groups is 2. The van der Waals surface area contributed by atoms with Crippen LogP contribution in [0.4, 0.5) is 14.9 Å². The summed E-state index contributed by atoms with van der Waals surface area (Å²) in [6, 6.07) is 4.93. The third-order valence-electron chi connectivity index (χ3n) is 2.51. The normalized spacial score (nSPS) is 11.8. The summed E-state index contributed by atoms with van der Waals surface area (Å²) in [6.45, 7) is 3.46. The lowest BCUT2D eigenvalue weighted by Crippen LogP contribution is -2.39. The van der Waals surface area contributed by atoms with E-state index in [-0.39, 0.29) is 5.69 Å². The van der Waals surface area contributed by atoms with E-state index in [1.54, 1.807) is 13.0 Å². The van der Waals surface area contributed by atoms with E-state index in [1.165, 1.54) is 41.3 Å². The van der Waals surface area contributed by atoms with Crippen molar-refractivity contribution in [2.45, 2.75) is 23.4 Å². The first kappa shape index (κ1) is 16.4. The predicted octanol–water partition coefficient (Wildman–Crippen LogP) is 2.81. The highest BCUT2D eigenvalue weighted by Gasteiger charge is 2.19. The van der Waals surface area contributed by atoms with Gasteiger partial charge in [0.05, 0.1) is 10.9 Å². The first-order valence-electron chi connectivity index (χ1n) is 6.29. The van der Waals surface area contributed by atoms with Crippen LogP contribution in [0.15, 0.2) is 28.6 Å². The SMILES string of the molecule is Cc1nnc(SC(C)C(=O)NC(=O)Nc2ccccc2F)s1. The van der Waals surface area contributed by atoms with Crippen LogP contribution in [-0.2, 0) is 4.79 Å². The van der Waals surface area contributed by atoms with Crippen molar-refractivity contribution in [2.75, 3.05) is 5.32 Å². The minimum atomic E-state index is -0.781. The number of aromatic nitrogens is 2. The highest BCUT2D eigenvalue weighted by molar-refractivity contribution is 8.02. The Balaban J connectivity index is 1.88. The van der Waals surface area contributed by atoms with Gasteiger partial charge >= 0.3 is 6.03 Å². The van der Waals surface area contributed by atoms with Crippen LogP contribution in [0.3, 0.4) is 0 Å². The quantitative estimate of drug-likeness (QED) is 0.836. The number of para-hydroxylation sites is 1. The molecule has 1 heterocycles. The van der Waals surface area contributed by atoms with Crippen LogP contribution < -0.4 is 10.6 Å². The molecular formula is C13H13FN4O2S2. The Bertz CT molecular complexity index is 692. The van der Waals surface area contributed by atoms with Crippen LogP contribution in [0.25, 0.3) is 0 Å². The third kappa shape index (κ3) is 4.50. The number of benzene rings is 1. The molecule has 1 unspecified atom stereocenters. The summed E-state index contributed by atoms with van der Waals surface area (Å²) >= 11 is 2.57. The van der Waals surface area contributed by atoms with E-state index in [1.807, 2.05) is 6.92 Å². The maximum absolute atomic E-state index is 13.4. The lowest BCUT2D eigenvalue weighted by atomic mass is 10.3. The number of rotatable bonds is 4. The van der Waals surface area contributed by atoms with Gasteiger partial charge in [-0.2, -0.15) is 0 Å². The summed E-state index contributed by atoms with van der Waals surface area (Å²) in [7, 11) is 0. The highest BCUT2D eigenvalue weighted by atomic mass is 32.2. The molecule has 2 N–H and O–H groups in total. The number of carbonyl (C=O) groups excluding carboxylic acids is 2. The van der Waals surface area contributed by atoms with E-state index in [4.69, 9.17) is 0 Å². The summed E-state index contributed by atoms with van der Waals surface area (Å²) in [5, 5.41) is 12.5. The number of amides is 3. The number of hydrogen-bond donors (Lipinski definition) is 2. The highest BCUT2D eigenvalue weighted by Crippen LogP contribution is 2.26. The number of nitrogens with zero attached hydrogens (tertiary/aromatic N) is 2. The standard InChI is InChI=1S/C13H13FN4O2S2/c1-7(21-13-18-17-8(2)22-13)11(19)16-12(20)15-10-6-4-3-5-9(10)14/h3-7H,1-2H3,(H2,15,16,19,20). The van der Waals surface area contributed by atoms with Gasteiger partial charge in [-0.25, -0.2) is 9.18 Å². The topological polar surface area (TPSA) is 84.0 Å². The molecule has 0 aliphatic carbocycles. The van der Waals surface area contributed by atoms with Gasteiger partial charge in [-0.1, -0.05) is 35.2 Å². The molecule has 3 amide bonds. The fraction of sp³-hybridized carbons (Fsp3) is 0.231. The minimum absolute atomic E-state index is 0.00727. The number of hydrogen-bond acceptors (Lipinski definition) is 6. The summed E-state index contributed by atoms with van der Waals surface area (Å²) < 4.78 is 14.0. The van der Waals surface area contributed by atoms with Crippen molar-refractivity contribution in [1.29, 1.82) is 0 Å². The first-order chi connectivity index (χ1) is 10.5. The number of anilines is 1. The number of aryl methyl sites for hydroxylation is 1. The second kappa shape index (κ2) is 7.32. The number of imide groups is 1. The monoisotopic (exact) mass is 340 g/mol. The van der Waals surface area contributed by atoms with Crippen molar-refractivity contribution >= 4 is 40.7 Å². The molecule has 116 valence electrons. The average molecular weight is 340 g/mol. The van der Waals surface area contributed by atoms with Gasteiger partial charge in [0.25, 0.3) is 0 Å². The van der Waals surface area contributed by atoms with Gasteiger partial charge in [0.1, 0.15) is 10.8 Å². The molecule has 6 nitrogen and oxygen atoms in total. The van der Waals surface area contributed by atoms with Crippen LogP contribution in [0, 0.1) is 12.7 Å². The van der Waals surface area contributed by atoms with Crippen molar-refractivity contribution in [3.05, 3.63) is 35.1 Å². The van der Waals surface area contributed by atoms with Gasteiger partial charge in [-0.3, -0.25) is 10.1 Å². The molecule has 0 spiro atoms. The summed E-state index contributed by atoms with van der Waals surface area (Å²) in [4.78, 5) is 23.6. The summed E-state index contributed by atoms with van der Waals surface area (Å²) in [6.07, 6.45) is 0. The molecule has 0 radical (unpaired) electrons. The molecule has 0 aliphatic rings. The summed E-state index contributed by atoms with van der Waals surface area (Å²) in [5.41, 5.74) is 0.00727. The Morgan fingerprint density at radius 2 is 2.05 bits per heavy atom. The van der Waals surface area contributed by atoms with Gasteiger partial charge in [-0.05, 0) is 26.0 Å². The van der Waals surface area contributed by atoms with Crippen molar-refractivity contribution < 1.29 is 14.0 Å². The van der Waals surface area contributed by atoms with E-state index in [9.17, 15) is 14.0 Å². The predicted molar refractivity (Wildman–Crippen MR) is 83.5 cm³/mol. The molecule has 0 fully saturated rings. The molecular weight excluding hydrogens is 327 g/mol. The molecule has 9 heteroatoms. The van der Waals surface area contributed by atoms with E-state index in [0.29, 0.717) is 4.34 Å². The zero-order valence-electron chi connectivity index (χ0n) is 11.8. The zero-order valence-corrected chi connectivity index (χ0v) is 13.4. The van der Waals surface area contributed by atoms with E-state index in [2.05, 4.69) is 20.8 Å². The molecule has 2 rings (SSSR count). The van der Waals surface area contributed by atoms with E-state index >= 15 is 0 Å². The van der Waals surface area contributed by atoms with Crippen LogP contribution in [0.2, 0.25) is 0 Å². The van der Waals surface area contributed by atoms with Crippen molar-refractivity contribution in [1.82, 2.24) is 15.5 Å². The lowest BCUT2D eigenvalue weighted by molar-refractivity contribution is -0.119. The number of thioether (sulfide) groups is 1. The Morgan fingerprint density at radius 3 is 2.68 bits per heavy atom. The van der Waals surface area contributed by atoms with Gasteiger partial charge in [0.15, 0.2) is 4.34 Å². The molecule has 1 atom stereocenters. The smallest absolute Gasteiger partial charge is 0.305 e. The maximum Gasteiger partial charge on any atom is 0.325 e.